The molecule has 0 fully saturated rings. The number of imidazole rings is 1. The summed E-state index contributed by atoms with van der Waals surface area (Å²) < 4.78 is 1.45. The van der Waals surface area contributed by atoms with Crippen LogP contribution in [0.4, 0.5) is 5.82 Å². The van der Waals surface area contributed by atoms with Crippen molar-refractivity contribution in [2.75, 3.05) is 11.9 Å². The molecule has 2 aromatic heterocycles. The van der Waals surface area contributed by atoms with Crippen molar-refractivity contribution in [1.82, 2.24) is 19.7 Å². The number of aromatic nitrogens is 4. The van der Waals surface area contributed by atoms with Gasteiger partial charge in [-0.05, 0) is 19.1 Å². The van der Waals surface area contributed by atoms with E-state index in [1.807, 2.05) is 13.0 Å². The van der Waals surface area contributed by atoms with Crippen LogP contribution in [0.5, 0.6) is 0 Å². The number of carbonyl (C=O) groups is 1. The molecule has 7 nitrogen and oxygen atoms in total. The van der Waals surface area contributed by atoms with Gasteiger partial charge in [0.05, 0.1) is 0 Å². The number of amides is 1. The minimum absolute atomic E-state index is 0.249. The second-order valence-corrected chi connectivity index (χ2v) is 4.20. The summed E-state index contributed by atoms with van der Waals surface area (Å²) in [6.07, 6.45) is 2.86. The van der Waals surface area contributed by atoms with Gasteiger partial charge in [0.15, 0.2) is 11.3 Å². The van der Waals surface area contributed by atoms with Crippen molar-refractivity contribution in [2.24, 2.45) is 0 Å². The molecule has 106 valence electrons. The van der Waals surface area contributed by atoms with Crippen LogP contribution in [0.3, 0.4) is 0 Å². The Labute approximate surface area is 120 Å². The standard InChI is InChI=1S/C14H13N5O2/c1-2-21-19-9-17-11-12(15-8-16-13(11)19)18-14(20)10-6-4-3-5-7-10/h3-9H,2H2,1H3,(H,15,16,18,20). The quantitative estimate of drug-likeness (QED) is 0.785. The molecule has 1 N–H and O–H groups in total. The van der Waals surface area contributed by atoms with Gasteiger partial charge in [-0.3, -0.25) is 4.79 Å². The number of fused-ring (bicyclic) bond motifs is 1. The van der Waals surface area contributed by atoms with E-state index in [-0.39, 0.29) is 5.91 Å². The number of nitrogens with one attached hydrogen (secondary N) is 1. The Bertz CT molecular complexity index is 769. The minimum atomic E-state index is -0.249. The number of nitrogens with zero attached hydrogens (tertiary/aromatic N) is 4. The monoisotopic (exact) mass is 283 g/mol. The van der Waals surface area contributed by atoms with Crippen molar-refractivity contribution in [3.63, 3.8) is 0 Å². The number of anilines is 1. The van der Waals surface area contributed by atoms with Gasteiger partial charge in [-0.2, -0.15) is 4.73 Å². The molecule has 21 heavy (non-hydrogen) atoms. The van der Waals surface area contributed by atoms with Crippen LogP contribution in [-0.2, 0) is 0 Å². The molecule has 0 saturated carbocycles. The van der Waals surface area contributed by atoms with Crippen molar-refractivity contribution in [1.29, 1.82) is 0 Å². The van der Waals surface area contributed by atoms with Crippen molar-refractivity contribution < 1.29 is 9.63 Å². The summed E-state index contributed by atoms with van der Waals surface area (Å²) >= 11 is 0. The molecule has 0 aliphatic rings. The smallest absolute Gasteiger partial charge is 0.256 e. The first-order chi connectivity index (χ1) is 10.3. The number of benzene rings is 1. The van der Waals surface area contributed by atoms with Gasteiger partial charge in [0.2, 0.25) is 5.65 Å². The zero-order valence-corrected chi connectivity index (χ0v) is 11.4. The molecule has 1 aromatic carbocycles. The van der Waals surface area contributed by atoms with E-state index in [0.717, 1.165) is 0 Å². The lowest BCUT2D eigenvalue weighted by atomic mass is 10.2. The molecular weight excluding hydrogens is 270 g/mol. The highest BCUT2D eigenvalue weighted by Gasteiger charge is 2.13. The van der Waals surface area contributed by atoms with Crippen molar-refractivity contribution in [3.05, 3.63) is 48.5 Å². The normalized spacial score (nSPS) is 10.5. The van der Waals surface area contributed by atoms with Gasteiger partial charge in [0.1, 0.15) is 19.3 Å². The molecule has 7 heteroatoms. The lowest BCUT2D eigenvalue weighted by molar-refractivity contribution is 0.102. The van der Waals surface area contributed by atoms with Crippen molar-refractivity contribution >= 4 is 22.9 Å². The van der Waals surface area contributed by atoms with Gasteiger partial charge in [0.25, 0.3) is 5.91 Å². The van der Waals surface area contributed by atoms with Crippen molar-refractivity contribution in [3.8, 4) is 0 Å². The predicted octanol–water partition coefficient (Wildman–Crippen LogP) is 1.53. The topological polar surface area (TPSA) is 81.9 Å². The van der Waals surface area contributed by atoms with E-state index in [2.05, 4.69) is 20.3 Å². The van der Waals surface area contributed by atoms with Gasteiger partial charge >= 0.3 is 0 Å². The summed E-state index contributed by atoms with van der Waals surface area (Å²) in [4.78, 5) is 29.9. The molecule has 0 radical (unpaired) electrons. The van der Waals surface area contributed by atoms with Crippen LogP contribution in [0.2, 0.25) is 0 Å². The third kappa shape index (κ3) is 2.53. The lowest BCUT2D eigenvalue weighted by Gasteiger charge is -2.05. The van der Waals surface area contributed by atoms with E-state index < -0.39 is 0 Å². The van der Waals surface area contributed by atoms with Crippen LogP contribution >= 0.6 is 0 Å². The molecule has 0 aliphatic heterocycles. The molecule has 0 aliphatic carbocycles. The van der Waals surface area contributed by atoms with Crippen LogP contribution in [-0.4, -0.2) is 32.2 Å². The molecule has 2 heterocycles. The van der Waals surface area contributed by atoms with Crippen LogP contribution < -0.4 is 10.2 Å². The second-order valence-electron chi connectivity index (χ2n) is 4.20. The highest BCUT2D eigenvalue weighted by molar-refractivity contribution is 6.06. The van der Waals surface area contributed by atoms with Gasteiger partial charge in [-0.1, -0.05) is 18.2 Å². The molecule has 0 bridgehead atoms. The summed E-state index contributed by atoms with van der Waals surface area (Å²) in [6.45, 7) is 2.35. The highest BCUT2D eigenvalue weighted by Crippen LogP contribution is 2.17. The van der Waals surface area contributed by atoms with Gasteiger partial charge < -0.3 is 10.2 Å². The summed E-state index contributed by atoms with van der Waals surface area (Å²) in [5, 5.41) is 2.74. The average molecular weight is 283 g/mol. The van der Waals surface area contributed by atoms with E-state index in [1.54, 1.807) is 24.3 Å². The Morgan fingerprint density at radius 3 is 2.81 bits per heavy atom. The second kappa shape index (κ2) is 5.58. The number of hydrogen-bond donors (Lipinski definition) is 1. The van der Waals surface area contributed by atoms with E-state index in [9.17, 15) is 4.79 Å². The maximum Gasteiger partial charge on any atom is 0.256 e. The summed E-state index contributed by atoms with van der Waals surface area (Å²) in [7, 11) is 0. The maximum atomic E-state index is 12.2. The molecule has 0 atom stereocenters. The summed E-state index contributed by atoms with van der Waals surface area (Å²) in [5.41, 5.74) is 1.54. The molecule has 1 amide bonds. The van der Waals surface area contributed by atoms with Gasteiger partial charge in [0, 0.05) is 5.56 Å². The molecule has 0 saturated heterocycles. The number of rotatable bonds is 4. The first-order valence-corrected chi connectivity index (χ1v) is 6.47. The van der Waals surface area contributed by atoms with E-state index >= 15 is 0 Å². The van der Waals surface area contributed by atoms with Crippen molar-refractivity contribution in [2.45, 2.75) is 6.92 Å². The van der Waals surface area contributed by atoms with Crippen LogP contribution in [0, 0.1) is 0 Å². The number of carbonyl (C=O) groups excluding carboxylic acids is 1. The first kappa shape index (κ1) is 13.0. The van der Waals surface area contributed by atoms with E-state index in [0.29, 0.717) is 29.2 Å². The van der Waals surface area contributed by atoms with Gasteiger partial charge in [-0.25, -0.2) is 15.0 Å². The Balaban J connectivity index is 1.92. The fraction of sp³-hybridized carbons (Fsp3) is 0.143. The third-order valence-corrected chi connectivity index (χ3v) is 2.84. The Kier molecular flexibility index (Phi) is 3.46. The largest absolute Gasteiger partial charge is 0.411 e. The molecule has 3 aromatic rings. The highest BCUT2D eigenvalue weighted by atomic mass is 16.7. The molecule has 0 unspecified atom stereocenters. The minimum Gasteiger partial charge on any atom is -0.411 e. The summed E-state index contributed by atoms with van der Waals surface area (Å²) in [5.74, 6) is 0.105. The fourth-order valence-corrected chi connectivity index (χ4v) is 1.91. The fourth-order valence-electron chi connectivity index (χ4n) is 1.91. The predicted molar refractivity (Wildman–Crippen MR) is 76.8 cm³/mol. The third-order valence-electron chi connectivity index (χ3n) is 2.84. The zero-order valence-electron chi connectivity index (χ0n) is 11.4. The van der Waals surface area contributed by atoms with E-state index in [1.165, 1.54) is 17.4 Å². The Morgan fingerprint density at radius 2 is 2.05 bits per heavy atom. The van der Waals surface area contributed by atoms with Crippen LogP contribution in [0.15, 0.2) is 43.0 Å². The summed E-state index contributed by atoms with van der Waals surface area (Å²) in [6, 6.07) is 8.91. The Morgan fingerprint density at radius 1 is 1.24 bits per heavy atom. The Hall–Kier alpha value is -2.96. The number of hydrogen-bond acceptors (Lipinski definition) is 5. The molecule has 0 spiro atoms. The van der Waals surface area contributed by atoms with Gasteiger partial charge in [-0.15, -0.1) is 0 Å². The van der Waals surface area contributed by atoms with Crippen LogP contribution in [0.1, 0.15) is 17.3 Å². The SMILES string of the molecule is CCOn1cnc2c(NC(=O)c3ccccc3)ncnc21. The zero-order chi connectivity index (χ0) is 14.7. The first-order valence-electron chi connectivity index (χ1n) is 6.47. The lowest BCUT2D eigenvalue weighted by Crippen LogP contribution is -2.14. The maximum absolute atomic E-state index is 12.2. The van der Waals surface area contributed by atoms with Crippen LogP contribution in [0.25, 0.3) is 11.2 Å². The average Bonchev–Trinajstić information content (AvgIpc) is 2.93. The molecular formula is C14H13N5O2. The molecule has 3 rings (SSSR count). The van der Waals surface area contributed by atoms with E-state index in [4.69, 9.17) is 4.84 Å².